The van der Waals surface area contributed by atoms with Gasteiger partial charge in [0.2, 0.25) is 15.9 Å². The Morgan fingerprint density at radius 1 is 1.08 bits per heavy atom. The molecule has 2 aromatic rings. The van der Waals surface area contributed by atoms with Crippen molar-refractivity contribution in [1.82, 2.24) is 9.21 Å². The lowest BCUT2D eigenvalue weighted by Crippen LogP contribution is -2.55. The Kier molecular flexibility index (Phi) is 8.32. The Morgan fingerprint density at radius 3 is 2.39 bits per heavy atom. The smallest absolute Gasteiger partial charge is 0.244 e. The molecule has 38 heavy (non-hydrogen) atoms. The van der Waals surface area contributed by atoms with Gasteiger partial charge in [0.1, 0.15) is 24.2 Å². The van der Waals surface area contributed by atoms with Crippen molar-refractivity contribution >= 4 is 44.9 Å². The molecule has 0 radical (unpaired) electrons. The second kappa shape index (κ2) is 11.7. The minimum Gasteiger partial charge on any atom is -0.493 e. The van der Waals surface area contributed by atoms with E-state index in [2.05, 4.69) is 0 Å². The second-order valence-electron chi connectivity index (χ2n) is 9.15. The summed E-state index contributed by atoms with van der Waals surface area (Å²) in [4.78, 5) is 27.8. The molecule has 2 aliphatic rings. The van der Waals surface area contributed by atoms with Crippen LogP contribution in [0.3, 0.4) is 0 Å². The van der Waals surface area contributed by atoms with Crippen molar-refractivity contribution in [3.05, 3.63) is 46.4 Å². The van der Waals surface area contributed by atoms with Gasteiger partial charge in [-0.05, 0) is 56.5 Å². The number of ketones is 1. The summed E-state index contributed by atoms with van der Waals surface area (Å²) >= 11 is 12.2. The SMILES string of the molecule is [2H][C@]12CCC[C@H]([C@@H](C(C)=O)CN(CCOc3ccc(OC)c(OC)c3)C1=O)N2S(=O)(=O)c1cc(Cl)cc(Cl)c1. The van der Waals surface area contributed by atoms with Crippen molar-refractivity contribution in [2.75, 3.05) is 33.9 Å². The molecule has 2 aliphatic heterocycles. The summed E-state index contributed by atoms with van der Waals surface area (Å²) in [7, 11) is -1.41. The molecule has 0 N–H and O–H groups in total. The van der Waals surface area contributed by atoms with Crippen LogP contribution < -0.4 is 14.2 Å². The monoisotopic (exact) mass is 585 g/mol. The van der Waals surface area contributed by atoms with Crippen LogP contribution in [0.4, 0.5) is 0 Å². The van der Waals surface area contributed by atoms with E-state index < -0.39 is 33.9 Å². The predicted octanol–water partition coefficient (Wildman–Crippen LogP) is 4.05. The lowest BCUT2D eigenvalue weighted by atomic mass is 9.88. The molecule has 0 spiro atoms. The molecule has 206 valence electrons. The second-order valence-corrected chi connectivity index (χ2v) is 11.8. The summed E-state index contributed by atoms with van der Waals surface area (Å²) in [5.74, 6) is -0.329. The molecule has 9 nitrogen and oxygen atoms in total. The van der Waals surface area contributed by atoms with Gasteiger partial charge < -0.3 is 19.1 Å². The number of Topliss-reactive ketones (excluding diaryl/α,β-unsaturated/α-hetero) is 1. The fourth-order valence-corrected chi connectivity index (χ4v) is 7.49. The van der Waals surface area contributed by atoms with Crippen LogP contribution in [0.1, 0.15) is 27.6 Å². The van der Waals surface area contributed by atoms with Crippen molar-refractivity contribution < 1.29 is 33.6 Å². The minimum atomic E-state index is -4.43. The maximum atomic E-state index is 14.0. The number of halogens is 2. The Morgan fingerprint density at radius 2 is 1.76 bits per heavy atom. The average molecular weight is 587 g/mol. The van der Waals surface area contributed by atoms with Gasteiger partial charge in [0.25, 0.3) is 0 Å². The van der Waals surface area contributed by atoms with Gasteiger partial charge in [-0.2, -0.15) is 4.31 Å². The molecule has 4 rings (SSSR count). The number of nitrogens with zero attached hydrogens (tertiary/aromatic N) is 2. The molecule has 12 heteroatoms. The van der Waals surface area contributed by atoms with E-state index in [1.807, 2.05) is 0 Å². The molecule has 2 aromatic carbocycles. The van der Waals surface area contributed by atoms with Gasteiger partial charge in [-0.15, -0.1) is 0 Å². The van der Waals surface area contributed by atoms with E-state index in [9.17, 15) is 19.4 Å². The molecule has 2 bridgehead atoms. The standard InChI is InChI=1S/C26H30Cl2N2O7S/c1-16(31)21-15-29(9-10-37-19-7-8-24(35-2)25(14-19)36-3)26(32)23-6-4-5-22(21)30(23)38(33,34)20-12-17(27)11-18(28)13-20/h7-8,11-14,21-23H,4-6,9-10,15H2,1-3H3/t21-,22-,23+/m1/s1/i23D. The van der Waals surface area contributed by atoms with Crippen LogP contribution in [0.2, 0.25) is 10.0 Å². The number of ether oxygens (including phenoxy) is 3. The first-order valence-electron chi connectivity index (χ1n) is 12.6. The van der Waals surface area contributed by atoms with Crippen molar-refractivity contribution in [3.63, 3.8) is 0 Å². The normalized spacial score (nSPS) is 24.4. The van der Waals surface area contributed by atoms with Crippen molar-refractivity contribution in [3.8, 4) is 17.2 Å². The van der Waals surface area contributed by atoms with E-state index >= 15 is 0 Å². The number of sulfonamides is 1. The first-order valence-corrected chi connectivity index (χ1v) is 14.3. The van der Waals surface area contributed by atoms with Gasteiger partial charge in [0, 0.05) is 28.7 Å². The van der Waals surface area contributed by atoms with E-state index in [0.717, 1.165) is 4.31 Å². The fourth-order valence-electron chi connectivity index (χ4n) is 4.98. The molecular formula is C26H30Cl2N2O7S. The van der Waals surface area contributed by atoms with Gasteiger partial charge in [-0.1, -0.05) is 23.2 Å². The highest BCUT2D eigenvalue weighted by Crippen LogP contribution is 2.38. The first-order chi connectivity index (χ1) is 18.4. The van der Waals surface area contributed by atoms with Gasteiger partial charge in [-0.3, -0.25) is 9.59 Å². The molecular weight excluding hydrogens is 555 g/mol. The van der Waals surface area contributed by atoms with Crippen LogP contribution in [0.15, 0.2) is 41.3 Å². The van der Waals surface area contributed by atoms with Crippen molar-refractivity contribution in [2.45, 2.75) is 43.1 Å². The fraction of sp³-hybridized carbons (Fsp3) is 0.462. The van der Waals surface area contributed by atoms with Crippen molar-refractivity contribution in [2.24, 2.45) is 5.92 Å². The summed E-state index contributed by atoms with van der Waals surface area (Å²) in [6.07, 6.45) is 0.733. The highest BCUT2D eigenvalue weighted by atomic mass is 35.5. The molecule has 0 aliphatic carbocycles. The van der Waals surface area contributed by atoms with E-state index in [1.54, 1.807) is 18.2 Å². The number of methoxy groups -OCH3 is 2. The quantitative estimate of drug-likeness (QED) is 0.437. The molecule has 1 amide bonds. The van der Waals surface area contributed by atoms with Gasteiger partial charge in [-0.25, -0.2) is 8.42 Å². The number of carbonyl (C=O) groups is 2. The Bertz CT molecular complexity index is 1360. The van der Waals surface area contributed by atoms with Gasteiger partial charge in [0.05, 0.1) is 32.9 Å². The number of carbonyl (C=O) groups excluding carboxylic acids is 2. The van der Waals surface area contributed by atoms with Crippen LogP contribution in [-0.2, 0) is 19.6 Å². The topological polar surface area (TPSA) is 102 Å². The number of fused-ring (bicyclic) bond motifs is 2. The lowest BCUT2D eigenvalue weighted by Gasteiger charge is -2.40. The summed E-state index contributed by atoms with van der Waals surface area (Å²) in [5, 5.41) is 0.201. The zero-order chi connectivity index (χ0) is 28.5. The number of amides is 1. The third kappa shape index (κ3) is 5.73. The summed E-state index contributed by atoms with van der Waals surface area (Å²) in [6.45, 7) is 1.43. The number of rotatable bonds is 9. The van der Waals surface area contributed by atoms with Gasteiger partial charge in [0.15, 0.2) is 11.5 Å². The lowest BCUT2D eigenvalue weighted by molar-refractivity contribution is -0.135. The van der Waals surface area contributed by atoms with Gasteiger partial charge >= 0.3 is 0 Å². The summed E-state index contributed by atoms with van der Waals surface area (Å²) < 4.78 is 54.4. The molecule has 2 fully saturated rings. The van der Waals surface area contributed by atoms with Crippen LogP contribution in [0.5, 0.6) is 17.2 Å². The number of piperidine rings is 1. The maximum absolute atomic E-state index is 14.0. The van der Waals surface area contributed by atoms with E-state index in [0.29, 0.717) is 30.1 Å². The third-order valence-electron chi connectivity index (χ3n) is 6.80. The minimum absolute atomic E-state index is 0.0203. The van der Waals surface area contributed by atoms with Crippen LogP contribution in [0, 0.1) is 5.92 Å². The Labute approximate surface area is 234 Å². The molecule has 2 saturated heterocycles. The highest BCUT2D eigenvalue weighted by molar-refractivity contribution is 7.89. The van der Waals surface area contributed by atoms with Crippen LogP contribution >= 0.6 is 23.2 Å². The first kappa shape index (κ1) is 27.1. The predicted molar refractivity (Wildman–Crippen MR) is 143 cm³/mol. The van der Waals surface area contributed by atoms with Crippen molar-refractivity contribution in [1.29, 1.82) is 0 Å². The maximum Gasteiger partial charge on any atom is 0.244 e. The van der Waals surface area contributed by atoms with Crippen LogP contribution in [0.25, 0.3) is 0 Å². The number of benzene rings is 2. The van der Waals surface area contributed by atoms with Crippen LogP contribution in [-0.4, -0.2) is 75.3 Å². The molecule has 0 unspecified atom stereocenters. The number of hydrogen-bond donors (Lipinski definition) is 0. The molecule has 3 atom stereocenters. The summed E-state index contributed by atoms with van der Waals surface area (Å²) in [6, 6.07) is 5.85. The van der Waals surface area contributed by atoms with E-state index in [4.69, 9.17) is 37.4 Å². The molecule has 2 heterocycles. The molecule has 0 aromatic heterocycles. The zero-order valence-electron chi connectivity index (χ0n) is 22.3. The Balaban J connectivity index is 1.66. The average Bonchev–Trinajstić information content (AvgIpc) is 2.93. The largest absolute Gasteiger partial charge is 0.493 e. The third-order valence-corrected chi connectivity index (χ3v) is 9.07. The van der Waals surface area contributed by atoms with E-state index in [-0.39, 0.29) is 46.8 Å². The summed E-state index contributed by atoms with van der Waals surface area (Å²) in [5.41, 5.74) is 0. The highest BCUT2D eigenvalue weighted by Gasteiger charge is 2.51. The Hall–Kier alpha value is -2.53. The van der Waals surface area contributed by atoms with E-state index in [1.165, 1.54) is 44.2 Å². The number of hydrogen-bond acceptors (Lipinski definition) is 7. The zero-order valence-corrected chi connectivity index (χ0v) is 23.6. The molecule has 0 saturated carbocycles.